The maximum atomic E-state index is 13.7. The highest BCUT2D eigenvalue weighted by Crippen LogP contribution is 2.24. The number of H-pyrrole nitrogens is 1. The van der Waals surface area contributed by atoms with Gasteiger partial charge in [0.1, 0.15) is 17.1 Å². The zero-order valence-corrected chi connectivity index (χ0v) is 17.2. The number of nitrogens with one attached hydrogen (secondary N) is 1. The highest BCUT2D eigenvalue weighted by atomic mass is 19.1. The number of aryl methyl sites for hydroxylation is 2. The summed E-state index contributed by atoms with van der Waals surface area (Å²) in [5.41, 5.74) is 2.90. The number of benzene rings is 2. The first-order chi connectivity index (χ1) is 15.5. The number of carbonyl (C=O) groups excluding carboxylic acids is 1. The van der Waals surface area contributed by atoms with Crippen molar-refractivity contribution in [2.24, 2.45) is 0 Å². The van der Waals surface area contributed by atoms with Crippen molar-refractivity contribution in [1.82, 2.24) is 19.3 Å². The molecule has 3 heterocycles. The van der Waals surface area contributed by atoms with Gasteiger partial charge < -0.3 is 14.3 Å². The molecule has 3 aromatic rings. The lowest BCUT2D eigenvalue weighted by Crippen LogP contribution is -2.16. The number of carbonyl (C=O) groups is 1. The van der Waals surface area contributed by atoms with Gasteiger partial charge in [-0.05, 0) is 42.3 Å². The number of aromatic amines is 1. The number of ether oxygens (including phenoxy) is 1. The number of aromatic nitrogens is 4. The number of rotatable bonds is 5. The highest BCUT2D eigenvalue weighted by molar-refractivity contribution is 5.96. The van der Waals surface area contributed by atoms with Crippen LogP contribution in [0.15, 0.2) is 71.9 Å². The third kappa shape index (κ3) is 3.35. The minimum Gasteiger partial charge on any atom is -0.465 e. The number of pyridine rings is 1. The van der Waals surface area contributed by atoms with E-state index in [1.165, 1.54) is 23.9 Å². The van der Waals surface area contributed by atoms with E-state index in [0.29, 0.717) is 24.2 Å². The maximum absolute atomic E-state index is 13.7. The molecule has 0 amide bonds. The van der Waals surface area contributed by atoms with Crippen molar-refractivity contribution in [2.45, 2.75) is 13.0 Å². The summed E-state index contributed by atoms with van der Waals surface area (Å²) >= 11 is 0. The van der Waals surface area contributed by atoms with E-state index in [1.807, 2.05) is 24.4 Å². The van der Waals surface area contributed by atoms with Gasteiger partial charge in [0, 0.05) is 36.0 Å². The molecule has 160 valence electrons. The summed E-state index contributed by atoms with van der Waals surface area (Å²) in [6.07, 6.45) is 5.73. The van der Waals surface area contributed by atoms with Crippen molar-refractivity contribution in [3.8, 4) is 16.9 Å². The van der Waals surface area contributed by atoms with E-state index in [1.54, 1.807) is 35.2 Å². The van der Waals surface area contributed by atoms with Gasteiger partial charge in [0.15, 0.2) is 0 Å². The largest absolute Gasteiger partial charge is 0.465 e. The van der Waals surface area contributed by atoms with E-state index in [0.717, 1.165) is 16.5 Å². The van der Waals surface area contributed by atoms with Gasteiger partial charge in [0.05, 0.1) is 18.4 Å². The topological polar surface area (TPSA) is 81.9 Å². The summed E-state index contributed by atoms with van der Waals surface area (Å²) in [7, 11) is 1.29. The molecule has 5 rings (SSSR count). The first kappa shape index (κ1) is 19.7. The summed E-state index contributed by atoms with van der Waals surface area (Å²) in [6.45, 7) is 0.472. The Balaban J connectivity index is 1.56. The number of halogens is 1. The average Bonchev–Trinajstić information content (AvgIpc) is 3.37. The standard InChI is InChI=1S/C24H19FN4O3/c1-32-24(31)20-14-28(10-9-15-12-26-21-8-7-16(25)11-18(15)21)13-19-22(20)27-29(23(19)30)17-5-3-2-4-6-17/h2-8,11-14,26H,9-10H2,1H3. The van der Waals surface area contributed by atoms with E-state index in [4.69, 9.17) is 4.74 Å². The second kappa shape index (κ2) is 7.81. The van der Waals surface area contributed by atoms with Crippen LogP contribution in [0.3, 0.4) is 0 Å². The number of methoxy groups -OCH3 is 1. The van der Waals surface area contributed by atoms with Gasteiger partial charge in [-0.15, -0.1) is 0 Å². The lowest BCUT2D eigenvalue weighted by atomic mass is 10.1. The lowest BCUT2D eigenvalue weighted by Gasteiger charge is -2.11. The van der Waals surface area contributed by atoms with Crippen molar-refractivity contribution >= 4 is 16.9 Å². The fraction of sp³-hybridized carbons (Fsp3) is 0.125. The number of esters is 1. The Kier molecular flexibility index (Phi) is 4.82. The summed E-state index contributed by atoms with van der Waals surface area (Å²) in [5.74, 6) is -0.874. The van der Waals surface area contributed by atoms with Crippen molar-refractivity contribution in [2.75, 3.05) is 7.11 Å². The monoisotopic (exact) mass is 430 g/mol. The van der Waals surface area contributed by atoms with Crippen molar-refractivity contribution < 1.29 is 13.9 Å². The molecule has 0 spiro atoms. The fourth-order valence-corrected chi connectivity index (χ4v) is 3.90. The van der Waals surface area contributed by atoms with Crippen LogP contribution < -0.4 is 5.56 Å². The summed E-state index contributed by atoms with van der Waals surface area (Å²) in [6, 6.07) is 13.6. The molecule has 0 aliphatic carbocycles. The minimum atomic E-state index is -0.573. The summed E-state index contributed by atoms with van der Waals surface area (Å²) in [5, 5.41) is 5.20. The maximum Gasteiger partial charge on any atom is 0.341 e. The zero-order valence-electron chi connectivity index (χ0n) is 17.2. The molecule has 2 aromatic carbocycles. The molecule has 0 saturated heterocycles. The normalized spacial score (nSPS) is 11.3. The number of hydrogen-bond donors (Lipinski definition) is 1. The summed E-state index contributed by atoms with van der Waals surface area (Å²) in [4.78, 5) is 28.7. The smallest absolute Gasteiger partial charge is 0.341 e. The third-order valence-electron chi connectivity index (χ3n) is 5.50. The van der Waals surface area contributed by atoms with E-state index in [2.05, 4.69) is 10.1 Å². The molecule has 0 fully saturated rings. The predicted octanol–water partition coefficient (Wildman–Crippen LogP) is 3.79. The molecule has 0 atom stereocenters. The molecule has 0 unspecified atom stereocenters. The van der Waals surface area contributed by atoms with Gasteiger partial charge in [-0.1, -0.05) is 18.2 Å². The Hall–Kier alpha value is -4.20. The van der Waals surface area contributed by atoms with E-state index in [-0.39, 0.29) is 22.6 Å². The zero-order chi connectivity index (χ0) is 22.2. The van der Waals surface area contributed by atoms with Crippen molar-refractivity contribution in [3.05, 3.63) is 94.4 Å². The van der Waals surface area contributed by atoms with Crippen LogP contribution in [-0.4, -0.2) is 32.4 Å². The predicted molar refractivity (Wildman–Crippen MR) is 118 cm³/mol. The van der Waals surface area contributed by atoms with Crippen LogP contribution in [-0.2, 0) is 17.7 Å². The first-order valence-electron chi connectivity index (χ1n) is 10.1. The molecule has 8 heteroatoms. The molecule has 0 saturated carbocycles. The van der Waals surface area contributed by atoms with Crippen LogP contribution in [0.4, 0.5) is 4.39 Å². The Morgan fingerprint density at radius 1 is 1.16 bits per heavy atom. The fourth-order valence-electron chi connectivity index (χ4n) is 3.90. The Bertz CT molecular complexity index is 1470. The summed E-state index contributed by atoms with van der Waals surface area (Å²) < 4.78 is 21.7. The lowest BCUT2D eigenvalue weighted by molar-refractivity contribution is 0.0600. The van der Waals surface area contributed by atoms with Gasteiger partial charge in [0.2, 0.25) is 0 Å². The van der Waals surface area contributed by atoms with Crippen LogP contribution in [0, 0.1) is 5.82 Å². The number of hydrogen-bond acceptors (Lipinski definition) is 4. The molecule has 32 heavy (non-hydrogen) atoms. The van der Waals surface area contributed by atoms with Gasteiger partial charge in [-0.2, -0.15) is 9.78 Å². The molecule has 2 aliphatic rings. The third-order valence-corrected chi connectivity index (χ3v) is 5.50. The molecule has 0 radical (unpaired) electrons. The average molecular weight is 430 g/mol. The number of fused-ring (bicyclic) bond motifs is 2. The molecular formula is C24H19FN4O3. The minimum absolute atomic E-state index is 0.210. The Morgan fingerprint density at radius 2 is 1.97 bits per heavy atom. The van der Waals surface area contributed by atoms with E-state index >= 15 is 0 Å². The Labute approximate surface area is 182 Å². The van der Waals surface area contributed by atoms with Gasteiger partial charge >= 0.3 is 5.97 Å². The molecular weight excluding hydrogens is 411 g/mol. The van der Waals surface area contributed by atoms with Crippen LogP contribution in [0.25, 0.3) is 27.8 Å². The van der Waals surface area contributed by atoms with Gasteiger partial charge in [-0.3, -0.25) is 4.79 Å². The second-order valence-corrected chi connectivity index (χ2v) is 7.47. The van der Waals surface area contributed by atoms with Crippen LogP contribution in [0.5, 0.6) is 0 Å². The quantitative estimate of drug-likeness (QED) is 0.430. The molecule has 7 nitrogen and oxygen atoms in total. The first-order valence-corrected chi connectivity index (χ1v) is 10.1. The number of para-hydroxylation sites is 1. The van der Waals surface area contributed by atoms with Crippen molar-refractivity contribution in [1.29, 1.82) is 0 Å². The van der Waals surface area contributed by atoms with Crippen molar-refractivity contribution in [3.63, 3.8) is 0 Å². The van der Waals surface area contributed by atoms with E-state index < -0.39 is 5.97 Å². The van der Waals surface area contributed by atoms with Crippen LogP contribution >= 0.6 is 0 Å². The SMILES string of the molecule is COC(=O)c1cn(CCc2c[nH]c3ccc(F)cc23)cc2c(=O)n(-c3ccccc3)nc1-2. The molecule has 0 bridgehead atoms. The number of nitrogens with zero attached hydrogens (tertiary/aromatic N) is 3. The second-order valence-electron chi connectivity index (χ2n) is 7.47. The van der Waals surface area contributed by atoms with Crippen LogP contribution in [0.1, 0.15) is 15.9 Å². The molecule has 1 N–H and O–H groups in total. The van der Waals surface area contributed by atoms with Gasteiger partial charge in [0.25, 0.3) is 5.56 Å². The Morgan fingerprint density at radius 3 is 2.75 bits per heavy atom. The molecule has 1 aromatic heterocycles. The highest BCUT2D eigenvalue weighted by Gasteiger charge is 2.25. The van der Waals surface area contributed by atoms with Gasteiger partial charge in [-0.25, -0.2) is 9.18 Å². The molecule has 2 aliphatic heterocycles. The van der Waals surface area contributed by atoms with E-state index in [9.17, 15) is 14.0 Å². The van der Waals surface area contributed by atoms with Crippen LogP contribution in [0.2, 0.25) is 0 Å².